The fraction of sp³-hybridized carbons (Fsp3) is 0.769. The minimum atomic E-state index is 0.151. The van der Waals surface area contributed by atoms with E-state index in [-0.39, 0.29) is 21.1 Å². The first-order valence-corrected chi connectivity index (χ1v) is 15.6. The first kappa shape index (κ1) is 31.3. The van der Waals surface area contributed by atoms with Crippen molar-refractivity contribution in [3.8, 4) is 0 Å². The highest BCUT2D eigenvalue weighted by molar-refractivity contribution is 6.31. The molecule has 0 atom stereocenters. The van der Waals surface area contributed by atoms with E-state index in [9.17, 15) is 0 Å². The number of halogens is 4. The molecule has 0 aromatic carbocycles. The summed E-state index contributed by atoms with van der Waals surface area (Å²) < 4.78 is 0. The van der Waals surface area contributed by atoms with Gasteiger partial charge in [-0.1, -0.05) is 65.2 Å². The maximum Gasteiger partial charge on any atom is 0.231 e. The fourth-order valence-corrected chi connectivity index (χ4v) is 5.95. The van der Waals surface area contributed by atoms with Crippen LogP contribution in [0.4, 0.5) is 11.9 Å². The molecule has 0 aliphatic heterocycles. The summed E-state index contributed by atoms with van der Waals surface area (Å²) in [5.41, 5.74) is 0. The van der Waals surface area contributed by atoms with Crippen LogP contribution in [0, 0.1) is 0 Å². The van der Waals surface area contributed by atoms with Crippen molar-refractivity contribution < 1.29 is 0 Å². The number of nitrogens with zero attached hydrogens (tertiary/aromatic N) is 8. The average Bonchev–Trinajstić information content (AvgIpc) is 2.89. The molecule has 0 saturated heterocycles. The third-order valence-corrected chi connectivity index (χ3v) is 7.83. The van der Waals surface area contributed by atoms with Gasteiger partial charge in [-0.25, -0.2) is 0 Å². The smallest absolute Gasteiger partial charge is 0.231 e. The van der Waals surface area contributed by atoms with Crippen LogP contribution in [0.5, 0.6) is 0 Å². The van der Waals surface area contributed by atoms with E-state index < -0.39 is 0 Å². The van der Waals surface area contributed by atoms with E-state index in [0.29, 0.717) is 24.0 Å². The molecule has 2 fully saturated rings. The second kappa shape index (κ2) is 16.8. The fourth-order valence-electron chi connectivity index (χ4n) is 5.24. The Balaban J connectivity index is 0.000000216. The van der Waals surface area contributed by atoms with Gasteiger partial charge in [0.1, 0.15) is 0 Å². The summed E-state index contributed by atoms with van der Waals surface area (Å²) in [6, 6.07) is 1.05. The number of anilines is 2. The predicted molar refractivity (Wildman–Crippen MR) is 158 cm³/mol. The van der Waals surface area contributed by atoms with Gasteiger partial charge in [-0.2, -0.15) is 29.9 Å². The Morgan fingerprint density at radius 3 is 1.29 bits per heavy atom. The second-order valence-electron chi connectivity index (χ2n) is 10.0. The Bertz CT molecular complexity index is 904. The normalized spacial score (nSPS) is 16.6. The van der Waals surface area contributed by atoms with Crippen LogP contribution in [0.15, 0.2) is 0 Å². The van der Waals surface area contributed by atoms with Gasteiger partial charge in [0.15, 0.2) is 0 Å². The predicted octanol–water partition coefficient (Wildman–Crippen LogP) is 8.24. The molecule has 12 heteroatoms. The number of hydrogen-bond donors (Lipinski definition) is 0. The summed E-state index contributed by atoms with van der Waals surface area (Å²) in [5, 5.41) is 0.694. The topological polar surface area (TPSA) is 83.8 Å². The Labute approximate surface area is 247 Å². The molecule has 0 bridgehead atoms. The van der Waals surface area contributed by atoms with Gasteiger partial charge < -0.3 is 9.80 Å². The third-order valence-electron chi connectivity index (χ3n) is 7.15. The highest BCUT2D eigenvalue weighted by Crippen LogP contribution is 2.33. The Morgan fingerprint density at radius 2 is 0.921 bits per heavy atom. The Hall–Kier alpha value is -1.22. The minimum Gasteiger partial charge on any atom is -0.341 e. The zero-order valence-electron chi connectivity index (χ0n) is 22.6. The zero-order chi connectivity index (χ0) is 27.3. The van der Waals surface area contributed by atoms with Gasteiger partial charge in [-0.05, 0) is 84.9 Å². The molecule has 0 amide bonds. The van der Waals surface area contributed by atoms with Crippen LogP contribution in [-0.4, -0.2) is 55.1 Å². The van der Waals surface area contributed by atoms with E-state index in [2.05, 4.69) is 53.6 Å². The molecule has 38 heavy (non-hydrogen) atoms. The van der Waals surface area contributed by atoms with Crippen molar-refractivity contribution in [1.29, 1.82) is 0 Å². The molecule has 4 rings (SSSR count). The molecule has 8 nitrogen and oxygen atoms in total. The molecule has 0 radical (unpaired) electrons. The van der Waals surface area contributed by atoms with E-state index >= 15 is 0 Å². The van der Waals surface area contributed by atoms with E-state index in [0.717, 1.165) is 38.8 Å². The van der Waals surface area contributed by atoms with Gasteiger partial charge in [0.25, 0.3) is 0 Å². The summed E-state index contributed by atoms with van der Waals surface area (Å²) in [5.74, 6) is 1.26. The highest BCUT2D eigenvalue weighted by atomic mass is 35.5. The van der Waals surface area contributed by atoms with Crippen molar-refractivity contribution in [2.75, 3.05) is 22.9 Å². The lowest BCUT2D eigenvalue weighted by molar-refractivity contribution is 0.335. The summed E-state index contributed by atoms with van der Waals surface area (Å²) in [7, 11) is 0. The Kier molecular flexibility index (Phi) is 13.8. The lowest BCUT2D eigenvalue weighted by Crippen LogP contribution is -2.46. The second-order valence-corrected chi connectivity index (χ2v) is 11.4. The largest absolute Gasteiger partial charge is 0.341 e. The first-order chi connectivity index (χ1) is 18.4. The molecule has 2 aliphatic carbocycles. The monoisotopic (exact) mass is 604 g/mol. The van der Waals surface area contributed by atoms with E-state index in [1.54, 1.807) is 0 Å². The molecule has 0 N–H and O–H groups in total. The summed E-state index contributed by atoms with van der Waals surface area (Å²) in [6.07, 6.45) is 17.2. The van der Waals surface area contributed by atoms with Gasteiger partial charge in [0.05, 0.1) is 0 Å². The summed E-state index contributed by atoms with van der Waals surface area (Å²) in [4.78, 5) is 29.2. The van der Waals surface area contributed by atoms with Crippen molar-refractivity contribution in [2.45, 2.75) is 116 Å². The number of unbranched alkanes of at least 4 members (excludes halogenated alkanes) is 2. The van der Waals surface area contributed by atoms with Crippen molar-refractivity contribution >= 4 is 58.3 Å². The van der Waals surface area contributed by atoms with Crippen LogP contribution in [0.2, 0.25) is 21.1 Å². The van der Waals surface area contributed by atoms with Crippen molar-refractivity contribution in [2.24, 2.45) is 0 Å². The van der Waals surface area contributed by atoms with Crippen LogP contribution in [-0.2, 0) is 0 Å². The van der Waals surface area contributed by atoms with Gasteiger partial charge in [0.2, 0.25) is 33.0 Å². The van der Waals surface area contributed by atoms with E-state index in [1.165, 1.54) is 64.2 Å². The Morgan fingerprint density at radius 1 is 0.553 bits per heavy atom. The quantitative estimate of drug-likeness (QED) is 0.268. The van der Waals surface area contributed by atoms with Crippen LogP contribution in [0.3, 0.4) is 0 Å². The molecule has 0 spiro atoms. The molecule has 2 aromatic heterocycles. The highest BCUT2D eigenvalue weighted by Gasteiger charge is 2.31. The van der Waals surface area contributed by atoms with Crippen molar-refractivity contribution in [3.63, 3.8) is 0 Å². The number of hydrogen-bond acceptors (Lipinski definition) is 8. The molecule has 2 aromatic rings. The van der Waals surface area contributed by atoms with Crippen molar-refractivity contribution in [1.82, 2.24) is 29.9 Å². The maximum atomic E-state index is 6.00. The number of aromatic nitrogens is 6. The first-order valence-electron chi connectivity index (χ1n) is 14.1. The van der Waals surface area contributed by atoms with Crippen molar-refractivity contribution in [3.05, 3.63) is 21.1 Å². The standard InChI is InChI=1S/C15H22Cl2N4.C11H18Cl2N4/c16-13-18-14(17)20-15(19-13)21(11-7-3-1-4-8-11)12-9-5-2-6-10-12;1-3-5-7-17(8-6-4-2)11-15-9(12)14-10(13)16-11/h11-12H,1-10H2;3-8H2,1-2H3. The van der Waals surface area contributed by atoms with E-state index in [1.807, 2.05) is 0 Å². The molecular weight excluding hydrogens is 566 g/mol. The average molecular weight is 606 g/mol. The maximum absolute atomic E-state index is 6.00. The van der Waals surface area contributed by atoms with Gasteiger partial charge in [-0.15, -0.1) is 0 Å². The van der Waals surface area contributed by atoms with E-state index in [4.69, 9.17) is 46.4 Å². The lowest BCUT2D eigenvalue weighted by atomic mass is 9.89. The lowest BCUT2D eigenvalue weighted by Gasteiger charge is -2.41. The summed E-state index contributed by atoms with van der Waals surface area (Å²) in [6.45, 7) is 6.16. The minimum absolute atomic E-state index is 0.151. The molecular formula is C26H40Cl4N8. The van der Waals surface area contributed by atoms with Gasteiger partial charge in [-0.3, -0.25) is 0 Å². The zero-order valence-corrected chi connectivity index (χ0v) is 25.6. The third kappa shape index (κ3) is 10.1. The molecule has 2 aliphatic rings. The SMILES string of the molecule is CCCCN(CCCC)c1nc(Cl)nc(Cl)n1.Clc1nc(Cl)nc(N(C2CCCCC2)C2CCCCC2)n1. The molecule has 212 valence electrons. The molecule has 2 heterocycles. The summed E-state index contributed by atoms with van der Waals surface area (Å²) >= 11 is 23.6. The van der Waals surface area contributed by atoms with Crippen LogP contribution < -0.4 is 9.80 Å². The number of rotatable bonds is 10. The van der Waals surface area contributed by atoms with Crippen LogP contribution >= 0.6 is 46.4 Å². The van der Waals surface area contributed by atoms with Crippen LogP contribution in [0.1, 0.15) is 104 Å². The van der Waals surface area contributed by atoms with Gasteiger partial charge in [0, 0.05) is 25.2 Å². The molecule has 2 saturated carbocycles. The van der Waals surface area contributed by atoms with Gasteiger partial charge >= 0.3 is 0 Å². The van der Waals surface area contributed by atoms with Crippen LogP contribution in [0.25, 0.3) is 0 Å². The molecule has 0 unspecified atom stereocenters.